The predicted molar refractivity (Wildman–Crippen MR) is 44.5 cm³/mol. The molecule has 0 aromatic rings. The highest BCUT2D eigenvalue weighted by Gasteiger charge is 2.22. The van der Waals surface area contributed by atoms with Crippen LogP contribution < -0.4 is 0 Å². The summed E-state index contributed by atoms with van der Waals surface area (Å²) < 4.78 is 10.3. The average molecular weight is 170 g/mol. The summed E-state index contributed by atoms with van der Waals surface area (Å²) in [6, 6.07) is 0. The van der Waals surface area contributed by atoms with Crippen LogP contribution in [-0.4, -0.2) is 19.5 Å². The molecule has 0 spiro atoms. The maximum Gasteiger partial charge on any atom is 0.200 e. The summed E-state index contributed by atoms with van der Waals surface area (Å²) in [6.07, 6.45) is 2.28. The average Bonchev–Trinajstić information content (AvgIpc) is 2.09. The molecular formula is C9H14O3. The van der Waals surface area contributed by atoms with Crippen molar-refractivity contribution >= 4 is 5.78 Å². The molecule has 12 heavy (non-hydrogen) atoms. The Morgan fingerprint density at radius 3 is 2.75 bits per heavy atom. The molecule has 0 unspecified atom stereocenters. The van der Waals surface area contributed by atoms with Crippen molar-refractivity contribution in [1.29, 1.82) is 0 Å². The van der Waals surface area contributed by atoms with Gasteiger partial charge in [-0.1, -0.05) is 0 Å². The summed E-state index contributed by atoms with van der Waals surface area (Å²) in [5.41, 5.74) is 0. The summed E-state index contributed by atoms with van der Waals surface area (Å²) in [5.74, 6) is 1.21. The van der Waals surface area contributed by atoms with Crippen LogP contribution in [0.2, 0.25) is 0 Å². The van der Waals surface area contributed by atoms with Crippen LogP contribution in [0.5, 0.6) is 0 Å². The third kappa shape index (κ3) is 1.78. The number of carbonyl (C=O) groups excluding carboxylic acids is 1. The molecule has 0 bridgehead atoms. The highest BCUT2D eigenvalue weighted by Crippen LogP contribution is 2.22. The van der Waals surface area contributed by atoms with Gasteiger partial charge in [-0.2, -0.15) is 0 Å². The maximum atomic E-state index is 11.3. The standard InChI is InChI=1S/C9H14O3/c1-3-12-9-7(10)5-4-6-8(9)11-2/h3-6H2,1-2H3. The van der Waals surface area contributed by atoms with Gasteiger partial charge in [-0.25, -0.2) is 0 Å². The second-order valence-corrected chi connectivity index (χ2v) is 2.67. The van der Waals surface area contributed by atoms with E-state index < -0.39 is 0 Å². The maximum absolute atomic E-state index is 11.3. The first-order valence-corrected chi connectivity index (χ1v) is 4.22. The van der Waals surface area contributed by atoms with Crippen molar-refractivity contribution in [3.05, 3.63) is 11.5 Å². The molecule has 1 aliphatic carbocycles. The van der Waals surface area contributed by atoms with Crippen molar-refractivity contribution in [2.45, 2.75) is 26.2 Å². The quantitative estimate of drug-likeness (QED) is 0.645. The summed E-state index contributed by atoms with van der Waals surface area (Å²) in [5, 5.41) is 0. The molecule has 1 rings (SSSR count). The second kappa shape index (κ2) is 4.14. The normalized spacial score (nSPS) is 18.0. The molecule has 0 N–H and O–H groups in total. The number of allylic oxidation sites excluding steroid dienone is 2. The van der Waals surface area contributed by atoms with E-state index in [4.69, 9.17) is 9.47 Å². The molecule has 0 saturated carbocycles. The zero-order chi connectivity index (χ0) is 8.97. The van der Waals surface area contributed by atoms with Gasteiger partial charge in [-0.05, 0) is 13.3 Å². The Bertz CT molecular complexity index is 206. The van der Waals surface area contributed by atoms with Gasteiger partial charge in [-0.3, -0.25) is 4.79 Å². The Hall–Kier alpha value is -0.990. The van der Waals surface area contributed by atoms with Gasteiger partial charge in [0.1, 0.15) is 5.76 Å². The number of hydrogen-bond acceptors (Lipinski definition) is 3. The zero-order valence-corrected chi connectivity index (χ0v) is 7.55. The zero-order valence-electron chi connectivity index (χ0n) is 7.55. The van der Waals surface area contributed by atoms with Crippen LogP contribution in [0, 0.1) is 0 Å². The number of ether oxygens (including phenoxy) is 2. The first-order valence-electron chi connectivity index (χ1n) is 4.22. The summed E-state index contributed by atoms with van der Waals surface area (Å²) >= 11 is 0. The SMILES string of the molecule is CCOC1=C(OC)CCCC1=O. The minimum Gasteiger partial charge on any atom is -0.497 e. The number of rotatable bonds is 3. The lowest BCUT2D eigenvalue weighted by Gasteiger charge is -2.17. The Kier molecular flexibility index (Phi) is 3.14. The van der Waals surface area contributed by atoms with E-state index in [9.17, 15) is 4.79 Å². The molecular weight excluding hydrogens is 156 g/mol. The molecule has 0 atom stereocenters. The second-order valence-electron chi connectivity index (χ2n) is 2.67. The fourth-order valence-corrected chi connectivity index (χ4v) is 1.29. The van der Waals surface area contributed by atoms with E-state index in [1.54, 1.807) is 7.11 Å². The van der Waals surface area contributed by atoms with Gasteiger partial charge < -0.3 is 9.47 Å². The van der Waals surface area contributed by atoms with Crippen LogP contribution in [0.1, 0.15) is 26.2 Å². The highest BCUT2D eigenvalue weighted by molar-refractivity contribution is 5.94. The molecule has 0 amide bonds. The van der Waals surface area contributed by atoms with Gasteiger partial charge in [0, 0.05) is 12.8 Å². The molecule has 0 fully saturated rings. The smallest absolute Gasteiger partial charge is 0.200 e. The van der Waals surface area contributed by atoms with Crippen molar-refractivity contribution < 1.29 is 14.3 Å². The third-order valence-corrected chi connectivity index (χ3v) is 1.85. The van der Waals surface area contributed by atoms with Crippen molar-refractivity contribution in [3.8, 4) is 0 Å². The number of Topliss-reactive ketones (excluding diaryl/α,β-unsaturated/α-hetero) is 1. The minimum absolute atomic E-state index is 0.0694. The number of methoxy groups -OCH3 is 1. The molecule has 0 radical (unpaired) electrons. The highest BCUT2D eigenvalue weighted by atomic mass is 16.5. The van der Waals surface area contributed by atoms with Crippen molar-refractivity contribution in [2.24, 2.45) is 0 Å². The minimum atomic E-state index is 0.0694. The van der Waals surface area contributed by atoms with Gasteiger partial charge in [0.25, 0.3) is 0 Å². The molecule has 0 aromatic heterocycles. The van der Waals surface area contributed by atoms with Gasteiger partial charge >= 0.3 is 0 Å². The monoisotopic (exact) mass is 170 g/mol. The van der Waals surface area contributed by atoms with Crippen LogP contribution in [0.15, 0.2) is 11.5 Å². The summed E-state index contributed by atoms with van der Waals surface area (Å²) in [6.45, 7) is 2.39. The van der Waals surface area contributed by atoms with Gasteiger partial charge in [-0.15, -0.1) is 0 Å². The Morgan fingerprint density at radius 2 is 2.17 bits per heavy atom. The van der Waals surface area contributed by atoms with Gasteiger partial charge in [0.05, 0.1) is 13.7 Å². The number of hydrogen-bond donors (Lipinski definition) is 0. The fourth-order valence-electron chi connectivity index (χ4n) is 1.29. The van der Waals surface area contributed by atoms with E-state index in [0.29, 0.717) is 24.5 Å². The Labute approximate surface area is 72.4 Å². The van der Waals surface area contributed by atoms with Crippen LogP contribution >= 0.6 is 0 Å². The first kappa shape index (κ1) is 9.10. The van der Waals surface area contributed by atoms with Crippen LogP contribution in [0.4, 0.5) is 0 Å². The molecule has 0 saturated heterocycles. The van der Waals surface area contributed by atoms with Gasteiger partial charge in [0.15, 0.2) is 5.76 Å². The number of carbonyl (C=O) groups is 1. The van der Waals surface area contributed by atoms with E-state index in [1.807, 2.05) is 6.92 Å². The molecule has 1 aliphatic rings. The molecule has 3 nitrogen and oxygen atoms in total. The Morgan fingerprint density at radius 1 is 1.42 bits per heavy atom. The van der Waals surface area contributed by atoms with E-state index >= 15 is 0 Å². The number of ketones is 1. The summed E-state index contributed by atoms with van der Waals surface area (Å²) in [7, 11) is 1.58. The lowest BCUT2D eigenvalue weighted by Crippen LogP contribution is -2.15. The Balaban J connectivity index is 2.79. The molecule has 0 aromatic carbocycles. The van der Waals surface area contributed by atoms with Gasteiger partial charge in [0.2, 0.25) is 5.78 Å². The van der Waals surface area contributed by atoms with E-state index in [2.05, 4.69) is 0 Å². The van der Waals surface area contributed by atoms with Crippen LogP contribution in [-0.2, 0) is 14.3 Å². The predicted octanol–water partition coefficient (Wildman–Crippen LogP) is 1.63. The largest absolute Gasteiger partial charge is 0.497 e. The van der Waals surface area contributed by atoms with Crippen molar-refractivity contribution in [2.75, 3.05) is 13.7 Å². The lowest BCUT2D eigenvalue weighted by atomic mass is 10.0. The molecule has 68 valence electrons. The molecule has 0 aliphatic heterocycles. The third-order valence-electron chi connectivity index (χ3n) is 1.85. The van der Waals surface area contributed by atoms with Crippen LogP contribution in [0.3, 0.4) is 0 Å². The van der Waals surface area contributed by atoms with Crippen molar-refractivity contribution in [3.63, 3.8) is 0 Å². The first-order chi connectivity index (χ1) is 5.79. The molecule has 0 heterocycles. The topological polar surface area (TPSA) is 35.5 Å². The summed E-state index contributed by atoms with van der Waals surface area (Å²) in [4.78, 5) is 11.3. The van der Waals surface area contributed by atoms with E-state index in [1.165, 1.54) is 0 Å². The van der Waals surface area contributed by atoms with E-state index in [0.717, 1.165) is 12.8 Å². The van der Waals surface area contributed by atoms with Crippen molar-refractivity contribution in [1.82, 2.24) is 0 Å². The van der Waals surface area contributed by atoms with E-state index in [-0.39, 0.29) is 5.78 Å². The van der Waals surface area contributed by atoms with Crippen LogP contribution in [0.25, 0.3) is 0 Å². The lowest BCUT2D eigenvalue weighted by molar-refractivity contribution is -0.120. The fraction of sp³-hybridized carbons (Fsp3) is 0.667. The molecule has 3 heteroatoms.